The Hall–Kier alpha value is -2.91. The van der Waals surface area contributed by atoms with Crippen molar-refractivity contribution in [3.05, 3.63) is 87.0 Å². The average molecular weight is 479 g/mol. The lowest BCUT2D eigenvalue weighted by molar-refractivity contribution is 0.0333. The highest BCUT2D eigenvalue weighted by Gasteiger charge is 2.19. The van der Waals surface area contributed by atoms with Crippen LogP contribution in [0.3, 0.4) is 0 Å². The predicted octanol–water partition coefficient (Wildman–Crippen LogP) is 4.26. The van der Waals surface area contributed by atoms with Gasteiger partial charge in [0.1, 0.15) is 16.5 Å². The molecule has 4 aromatic rings. The first kappa shape index (κ1) is 22.9. The third kappa shape index (κ3) is 5.10. The van der Waals surface area contributed by atoms with Gasteiger partial charge in [-0.2, -0.15) is 0 Å². The molecular formula is C26H27FN4O2S. The maximum atomic E-state index is 13.3. The number of benzene rings is 2. The third-order valence-corrected chi connectivity index (χ3v) is 7.06. The van der Waals surface area contributed by atoms with Crippen LogP contribution in [-0.2, 0) is 11.3 Å². The molecule has 1 aliphatic rings. The summed E-state index contributed by atoms with van der Waals surface area (Å²) < 4.78 is 18.8. The number of rotatable bonds is 7. The summed E-state index contributed by atoms with van der Waals surface area (Å²) in [7, 11) is 0. The van der Waals surface area contributed by atoms with Crippen molar-refractivity contribution in [2.75, 3.05) is 32.8 Å². The second kappa shape index (κ2) is 10.1. The zero-order chi connectivity index (χ0) is 23.5. The zero-order valence-electron chi connectivity index (χ0n) is 19.0. The second-order valence-electron chi connectivity index (χ2n) is 8.61. The molecule has 1 fully saturated rings. The van der Waals surface area contributed by atoms with Crippen LogP contribution < -0.4 is 10.9 Å². The molecule has 1 atom stereocenters. The van der Waals surface area contributed by atoms with E-state index in [4.69, 9.17) is 9.72 Å². The Morgan fingerprint density at radius 3 is 2.62 bits per heavy atom. The van der Waals surface area contributed by atoms with Gasteiger partial charge in [0.05, 0.1) is 25.1 Å². The van der Waals surface area contributed by atoms with Crippen LogP contribution in [0.5, 0.6) is 0 Å². The summed E-state index contributed by atoms with van der Waals surface area (Å²) >= 11 is 1.43. The lowest BCUT2D eigenvalue weighted by atomic mass is 10.0. The zero-order valence-corrected chi connectivity index (χ0v) is 19.8. The Labute approximate surface area is 201 Å². The van der Waals surface area contributed by atoms with Crippen LogP contribution in [0.1, 0.15) is 23.0 Å². The molecule has 3 heterocycles. The minimum absolute atomic E-state index is 0.0952. The van der Waals surface area contributed by atoms with Gasteiger partial charge in [-0.25, -0.2) is 9.37 Å². The number of morpholine rings is 1. The Morgan fingerprint density at radius 1 is 1.15 bits per heavy atom. The van der Waals surface area contributed by atoms with Crippen LogP contribution in [0.15, 0.2) is 58.7 Å². The topological polar surface area (TPSA) is 70.2 Å². The van der Waals surface area contributed by atoms with Gasteiger partial charge >= 0.3 is 0 Å². The largest absolute Gasteiger partial charge is 0.379 e. The van der Waals surface area contributed by atoms with E-state index in [0.717, 1.165) is 44.0 Å². The maximum absolute atomic E-state index is 13.3. The SMILES string of the molecule is Cc1ccc(C(CN2CCOCC2)NCc2nc3scc(-c4ccc(F)cc4)c3c(=O)[nH]2)cc1. The molecule has 0 amide bonds. The molecular weight excluding hydrogens is 451 g/mol. The number of fused-ring (bicyclic) bond motifs is 1. The molecule has 2 aromatic heterocycles. The molecule has 2 N–H and O–H groups in total. The molecule has 0 spiro atoms. The van der Waals surface area contributed by atoms with Gasteiger partial charge < -0.3 is 15.0 Å². The summed E-state index contributed by atoms with van der Waals surface area (Å²) in [6, 6.07) is 14.8. The summed E-state index contributed by atoms with van der Waals surface area (Å²) in [4.78, 5) is 23.7. The molecule has 2 aromatic carbocycles. The van der Waals surface area contributed by atoms with Crippen LogP contribution >= 0.6 is 11.3 Å². The smallest absolute Gasteiger partial charge is 0.260 e. The molecule has 1 saturated heterocycles. The Morgan fingerprint density at radius 2 is 1.88 bits per heavy atom. The monoisotopic (exact) mass is 478 g/mol. The number of aromatic amines is 1. The van der Waals surface area contributed by atoms with E-state index in [1.54, 1.807) is 12.1 Å². The highest BCUT2D eigenvalue weighted by atomic mass is 32.1. The molecule has 1 unspecified atom stereocenters. The summed E-state index contributed by atoms with van der Waals surface area (Å²) in [6.45, 7) is 6.70. The Bertz CT molecular complexity index is 1310. The first-order valence-electron chi connectivity index (χ1n) is 11.4. The predicted molar refractivity (Wildman–Crippen MR) is 134 cm³/mol. The molecule has 0 saturated carbocycles. The number of thiophene rings is 1. The number of ether oxygens (including phenoxy) is 1. The summed E-state index contributed by atoms with van der Waals surface area (Å²) in [5.41, 5.74) is 3.83. The fourth-order valence-corrected chi connectivity index (χ4v) is 5.23. The lowest BCUT2D eigenvalue weighted by Crippen LogP contribution is -2.42. The average Bonchev–Trinajstić information content (AvgIpc) is 3.28. The van der Waals surface area contributed by atoms with E-state index < -0.39 is 0 Å². The van der Waals surface area contributed by atoms with Crippen molar-refractivity contribution in [1.29, 1.82) is 0 Å². The van der Waals surface area contributed by atoms with E-state index in [2.05, 4.69) is 46.4 Å². The lowest BCUT2D eigenvalue weighted by Gasteiger charge is -2.31. The number of halogens is 1. The minimum atomic E-state index is -0.302. The van der Waals surface area contributed by atoms with Crippen LogP contribution in [0, 0.1) is 12.7 Å². The number of H-pyrrole nitrogens is 1. The molecule has 0 radical (unpaired) electrons. The van der Waals surface area contributed by atoms with Gasteiger partial charge in [-0.05, 0) is 30.2 Å². The molecule has 6 nitrogen and oxygen atoms in total. The van der Waals surface area contributed by atoms with Gasteiger partial charge in [0.15, 0.2) is 0 Å². The van der Waals surface area contributed by atoms with Crippen LogP contribution in [0.2, 0.25) is 0 Å². The summed E-state index contributed by atoms with van der Waals surface area (Å²) in [6.07, 6.45) is 0. The number of aromatic nitrogens is 2. The number of aryl methyl sites for hydroxylation is 1. The molecule has 8 heteroatoms. The van der Waals surface area contributed by atoms with Gasteiger partial charge in [0.2, 0.25) is 0 Å². The summed E-state index contributed by atoms with van der Waals surface area (Å²) in [5, 5.41) is 6.06. The third-order valence-electron chi connectivity index (χ3n) is 6.19. The summed E-state index contributed by atoms with van der Waals surface area (Å²) in [5.74, 6) is 0.299. The molecule has 176 valence electrons. The van der Waals surface area contributed by atoms with Crippen LogP contribution in [0.4, 0.5) is 4.39 Å². The van der Waals surface area contributed by atoms with Gasteiger partial charge in [-0.1, -0.05) is 42.0 Å². The first-order valence-corrected chi connectivity index (χ1v) is 12.3. The highest BCUT2D eigenvalue weighted by molar-refractivity contribution is 7.17. The van der Waals surface area contributed by atoms with E-state index in [1.807, 2.05) is 5.38 Å². The van der Waals surface area contributed by atoms with Crippen molar-refractivity contribution in [2.45, 2.75) is 19.5 Å². The van der Waals surface area contributed by atoms with Gasteiger partial charge in [0.25, 0.3) is 5.56 Å². The minimum Gasteiger partial charge on any atom is -0.379 e. The Kier molecular flexibility index (Phi) is 6.82. The van der Waals surface area contributed by atoms with Crippen molar-refractivity contribution in [3.8, 4) is 11.1 Å². The fraction of sp³-hybridized carbons (Fsp3) is 0.308. The number of nitrogens with one attached hydrogen (secondary N) is 2. The highest BCUT2D eigenvalue weighted by Crippen LogP contribution is 2.30. The van der Waals surface area contributed by atoms with Crippen LogP contribution in [-0.4, -0.2) is 47.7 Å². The van der Waals surface area contributed by atoms with Crippen LogP contribution in [0.25, 0.3) is 21.3 Å². The van der Waals surface area contributed by atoms with Gasteiger partial charge in [0, 0.05) is 36.6 Å². The number of hydrogen-bond donors (Lipinski definition) is 2. The number of hydrogen-bond acceptors (Lipinski definition) is 6. The van der Waals surface area contributed by atoms with E-state index >= 15 is 0 Å². The Balaban J connectivity index is 1.37. The van der Waals surface area contributed by atoms with Crippen molar-refractivity contribution in [2.24, 2.45) is 0 Å². The standard InChI is InChI=1S/C26H27FN4O2S/c1-17-2-4-19(5-3-17)22(15-31-10-12-33-13-11-31)28-14-23-29-25(32)24-21(16-34-26(24)30-23)18-6-8-20(27)9-7-18/h2-9,16,22,28H,10-15H2,1H3,(H,29,30,32). The molecule has 0 bridgehead atoms. The van der Waals surface area contributed by atoms with Crippen molar-refractivity contribution in [1.82, 2.24) is 20.2 Å². The van der Waals surface area contributed by atoms with E-state index in [9.17, 15) is 9.18 Å². The first-order chi connectivity index (χ1) is 16.6. The van der Waals surface area contributed by atoms with E-state index in [-0.39, 0.29) is 17.4 Å². The van der Waals surface area contributed by atoms with E-state index in [1.165, 1.54) is 34.6 Å². The van der Waals surface area contributed by atoms with Crippen molar-refractivity contribution in [3.63, 3.8) is 0 Å². The number of nitrogens with zero attached hydrogens (tertiary/aromatic N) is 2. The molecule has 0 aliphatic carbocycles. The molecule has 5 rings (SSSR count). The maximum Gasteiger partial charge on any atom is 0.260 e. The molecule has 34 heavy (non-hydrogen) atoms. The van der Waals surface area contributed by atoms with Gasteiger partial charge in [-0.15, -0.1) is 11.3 Å². The van der Waals surface area contributed by atoms with Crippen molar-refractivity contribution >= 4 is 21.6 Å². The second-order valence-corrected chi connectivity index (χ2v) is 9.46. The quantitative estimate of drug-likeness (QED) is 0.415. The van der Waals surface area contributed by atoms with Gasteiger partial charge in [-0.3, -0.25) is 9.69 Å². The molecule has 1 aliphatic heterocycles. The van der Waals surface area contributed by atoms with Crippen molar-refractivity contribution < 1.29 is 9.13 Å². The fourth-order valence-electron chi connectivity index (χ4n) is 4.27. The normalized spacial score (nSPS) is 15.6. The van der Waals surface area contributed by atoms with E-state index in [0.29, 0.717) is 22.6 Å².